The van der Waals surface area contributed by atoms with E-state index in [-0.39, 0.29) is 29.5 Å². The van der Waals surface area contributed by atoms with Crippen LogP contribution in [0, 0.1) is 17.7 Å². The Morgan fingerprint density at radius 2 is 1.52 bits per heavy atom. The van der Waals surface area contributed by atoms with Gasteiger partial charge in [0.1, 0.15) is 5.82 Å². The number of hydrogen-bond acceptors (Lipinski definition) is 3. The molecule has 3 aliphatic rings. The smallest absolute Gasteiger partial charge is 0.237 e. The second-order valence-corrected chi connectivity index (χ2v) is 7.13. The molecule has 0 spiro atoms. The van der Waals surface area contributed by atoms with E-state index in [1.807, 2.05) is 12.2 Å². The largest absolute Gasteiger partial charge is 0.360 e. The summed E-state index contributed by atoms with van der Waals surface area (Å²) in [5, 5.41) is 0. The minimum Gasteiger partial charge on any atom is -0.360 e. The van der Waals surface area contributed by atoms with Crippen LogP contribution in [-0.2, 0) is 9.59 Å². The number of quaternary nitrogens is 1. The van der Waals surface area contributed by atoms with E-state index in [1.54, 1.807) is 12.1 Å². The molecular weight excluding hydrogens is 321 g/mol. The lowest BCUT2D eigenvalue weighted by Gasteiger charge is -2.34. The van der Waals surface area contributed by atoms with Gasteiger partial charge in [0.25, 0.3) is 0 Å². The molecule has 1 aromatic carbocycles. The molecule has 4 rings (SSSR count). The Kier molecular flexibility index (Phi) is 4.29. The molecule has 5 nitrogen and oxygen atoms in total. The number of nitrogens with one attached hydrogen (secondary N) is 1. The monoisotopic (exact) mass is 344 g/mol. The van der Waals surface area contributed by atoms with Crippen LogP contribution < -0.4 is 9.80 Å². The molecule has 2 aliphatic heterocycles. The van der Waals surface area contributed by atoms with Gasteiger partial charge in [-0.15, -0.1) is 0 Å². The fraction of sp³-hybridized carbons (Fsp3) is 0.474. The predicted octanol–water partition coefficient (Wildman–Crippen LogP) is 0.439. The van der Waals surface area contributed by atoms with Crippen LogP contribution in [0.15, 0.2) is 36.4 Å². The van der Waals surface area contributed by atoms with E-state index in [0.29, 0.717) is 19.5 Å². The summed E-state index contributed by atoms with van der Waals surface area (Å²) >= 11 is 0. The number of likely N-dealkylation sites (tertiary alicyclic amines) is 1. The first-order valence-electron chi connectivity index (χ1n) is 8.98. The van der Waals surface area contributed by atoms with Crippen molar-refractivity contribution in [2.75, 3.05) is 37.7 Å². The number of hydrogen-bond donors (Lipinski definition) is 1. The summed E-state index contributed by atoms with van der Waals surface area (Å²) in [7, 11) is 0. The van der Waals surface area contributed by atoms with Crippen molar-refractivity contribution in [3.05, 3.63) is 42.2 Å². The summed E-state index contributed by atoms with van der Waals surface area (Å²) < 4.78 is 13.0. The standard InChI is InChI=1S/C19H22FN3O2/c20-14-5-7-15(8-6-14)22-11-9-21(10-12-22)13-23-18(24)16-3-1-2-4-17(16)19(23)25/h1-2,5-8,16-17H,3-4,9-13H2/p+1/t16-,17-/m0/s1. The van der Waals surface area contributed by atoms with Crippen LogP contribution in [0.1, 0.15) is 12.8 Å². The highest BCUT2D eigenvalue weighted by Gasteiger charge is 2.48. The molecule has 0 radical (unpaired) electrons. The lowest BCUT2D eigenvalue weighted by atomic mass is 9.85. The number of carbonyl (C=O) groups is 2. The lowest BCUT2D eigenvalue weighted by molar-refractivity contribution is -0.908. The third kappa shape index (κ3) is 3.06. The zero-order valence-electron chi connectivity index (χ0n) is 14.2. The Hall–Kier alpha value is -2.21. The molecule has 2 atom stereocenters. The van der Waals surface area contributed by atoms with E-state index in [0.717, 1.165) is 31.9 Å². The van der Waals surface area contributed by atoms with Crippen molar-refractivity contribution in [2.24, 2.45) is 11.8 Å². The van der Waals surface area contributed by atoms with Crippen molar-refractivity contribution >= 4 is 17.5 Å². The van der Waals surface area contributed by atoms with Crippen molar-refractivity contribution in [3.8, 4) is 0 Å². The van der Waals surface area contributed by atoms with E-state index < -0.39 is 0 Å². The van der Waals surface area contributed by atoms with Crippen molar-refractivity contribution in [1.82, 2.24) is 4.90 Å². The van der Waals surface area contributed by atoms with E-state index in [9.17, 15) is 14.0 Å². The summed E-state index contributed by atoms with van der Waals surface area (Å²) in [4.78, 5) is 30.1. The van der Waals surface area contributed by atoms with Gasteiger partial charge in [0.05, 0.1) is 38.0 Å². The number of benzene rings is 1. The lowest BCUT2D eigenvalue weighted by Crippen LogP contribution is -3.16. The van der Waals surface area contributed by atoms with E-state index in [4.69, 9.17) is 0 Å². The number of halogens is 1. The highest BCUT2D eigenvalue weighted by molar-refractivity contribution is 6.05. The zero-order valence-corrected chi connectivity index (χ0v) is 14.2. The molecule has 2 saturated heterocycles. The quantitative estimate of drug-likeness (QED) is 0.639. The second-order valence-electron chi connectivity index (χ2n) is 7.13. The first-order valence-corrected chi connectivity index (χ1v) is 8.98. The maximum atomic E-state index is 13.0. The number of rotatable bonds is 3. The molecule has 0 saturated carbocycles. The third-order valence-electron chi connectivity index (χ3n) is 5.64. The zero-order chi connectivity index (χ0) is 17.4. The summed E-state index contributed by atoms with van der Waals surface area (Å²) in [6.07, 6.45) is 5.42. The maximum Gasteiger partial charge on any atom is 0.237 e. The van der Waals surface area contributed by atoms with Gasteiger partial charge in [-0.05, 0) is 37.1 Å². The molecule has 2 amide bonds. The van der Waals surface area contributed by atoms with E-state index in [1.165, 1.54) is 21.9 Å². The van der Waals surface area contributed by atoms with Gasteiger partial charge in [0.2, 0.25) is 11.8 Å². The minimum atomic E-state index is -0.227. The van der Waals surface area contributed by atoms with E-state index in [2.05, 4.69) is 4.90 Å². The number of allylic oxidation sites excluding steroid dienone is 2. The van der Waals surface area contributed by atoms with Crippen molar-refractivity contribution in [1.29, 1.82) is 0 Å². The molecule has 2 heterocycles. The van der Waals surface area contributed by atoms with Crippen LogP contribution >= 0.6 is 0 Å². The summed E-state index contributed by atoms with van der Waals surface area (Å²) in [6.45, 7) is 3.88. The molecule has 0 aromatic heterocycles. The van der Waals surface area contributed by atoms with Crippen LogP contribution in [0.5, 0.6) is 0 Å². The molecular formula is C19H23FN3O2+. The van der Waals surface area contributed by atoms with Crippen LogP contribution in [0.3, 0.4) is 0 Å². The average molecular weight is 344 g/mol. The topological polar surface area (TPSA) is 45.1 Å². The SMILES string of the molecule is O=C1[C@H]2CC=CC[C@@H]2C(=O)N1C[NH+]1CCN(c2ccc(F)cc2)CC1. The minimum absolute atomic E-state index is 0.00724. The number of piperazine rings is 1. The molecule has 132 valence electrons. The van der Waals surface area contributed by atoms with Gasteiger partial charge in [-0.3, -0.25) is 9.59 Å². The fourth-order valence-corrected chi connectivity index (χ4v) is 4.14. The van der Waals surface area contributed by atoms with Gasteiger partial charge >= 0.3 is 0 Å². The first kappa shape index (κ1) is 16.3. The molecule has 1 N–H and O–H groups in total. The van der Waals surface area contributed by atoms with Gasteiger partial charge in [-0.1, -0.05) is 12.2 Å². The fourth-order valence-electron chi connectivity index (χ4n) is 4.14. The number of imide groups is 1. The summed E-state index contributed by atoms with van der Waals surface area (Å²) in [5.41, 5.74) is 1.02. The van der Waals surface area contributed by atoms with Gasteiger partial charge in [0, 0.05) is 5.69 Å². The van der Waals surface area contributed by atoms with Crippen LogP contribution in [0.25, 0.3) is 0 Å². The van der Waals surface area contributed by atoms with Gasteiger partial charge in [-0.2, -0.15) is 0 Å². The molecule has 25 heavy (non-hydrogen) atoms. The van der Waals surface area contributed by atoms with Gasteiger partial charge < -0.3 is 9.80 Å². The number of anilines is 1. The Bertz CT molecular complexity index is 669. The van der Waals surface area contributed by atoms with Gasteiger partial charge in [-0.25, -0.2) is 9.29 Å². The summed E-state index contributed by atoms with van der Waals surface area (Å²) in [6, 6.07) is 6.55. The Balaban J connectivity index is 1.35. The Morgan fingerprint density at radius 3 is 2.08 bits per heavy atom. The van der Waals surface area contributed by atoms with Crippen molar-refractivity contribution in [2.45, 2.75) is 12.8 Å². The molecule has 1 aliphatic carbocycles. The highest BCUT2D eigenvalue weighted by Crippen LogP contribution is 2.34. The number of carbonyl (C=O) groups excluding carboxylic acids is 2. The van der Waals surface area contributed by atoms with Crippen LogP contribution in [-0.4, -0.2) is 49.6 Å². The molecule has 0 bridgehead atoms. The molecule has 1 aromatic rings. The normalized spacial score (nSPS) is 27.1. The molecule has 2 fully saturated rings. The van der Waals surface area contributed by atoms with Crippen molar-refractivity contribution in [3.63, 3.8) is 0 Å². The third-order valence-corrected chi connectivity index (χ3v) is 5.64. The second kappa shape index (κ2) is 6.59. The van der Waals surface area contributed by atoms with Crippen molar-refractivity contribution < 1.29 is 18.9 Å². The number of fused-ring (bicyclic) bond motifs is 1. The number of nitrogens with zero attached hydrogens (tertiary/aromatic N) is 2. The van der Waals surface area contributed by atoms with Crippen LogP contribution in [0.2, 0.25) is 0 Å². The van der Waals surface area contributed by atoms with Gasteiger partial charge in [0.15, 0.2) is 6.67 Å². The first-order chi connectivity index (χ1) is 12.1. The molecule has 0 unspecified atom stereocenters. The van der Waals surface area contributed by atoms with E-state index >= 15 is 0 Å². The average Bonchev–Trinajstić information content (AvgIpc) is 2.88. The highest BCUT2D eigenvalue weighted by atomic mass is 19.1. The predicted molar refractivity (Wildman–Crippen MR) is 91.4 cm³/mol. The Morgan fingerprint density at radius 1 is 0.960 bits per heavy atom. The molecule has 6 heteroatoms. The number of amides is 2. The Labute approximate surface area is 146 Å². The summed E-state index contributed by atoms with van der Waals surface area (Å²) in [5.74, 6) is -0.495. The van der Waals surface area contributed by atoms with Crippen LogP contribution in [0.4, 0.5) is 10.1 Å². The maximum absolute atomic E-state index is 13.0.